The van der Waals surface area contributed by atoms with E-state index in [1.54, 1.807) is 12.1 Å². The molecule has 0 bridgehead atoms. The predicted octanol–water partition coefficient (Wildman–Crippen LogP) is 3.29. The predicted molar refractivity (Wildman–Crippen MR) is 82.6 cm³/mol. The molecule has 0 aromatic heterocycles. The molecule has 20 heavy (non-hydrogen) atoms. The van der Waals surface area contributed by atoms with Gasteiger partial charge in [0.05, 0.1) is 16.0 Å². The molecule has 7 heteroatoms. The second-order valence-corrected chi connectivity index (χ2v) is 7.86. The number of nitrogens with zero attached hydrogens (tertiary/aromatic N) is 1. The van der Waals surface area contributed by atoms with Gasteiger partial charge < -0.3 is 4.74 Å². The van der Waals surface area contributed by atoms with Crippen molar-refractivity contribution in [3.63, 3.8) is 0 Å². The van der Waals surface area contributed by atoms with Crippen LogP contribution in [0.15, 0.2) is 27.6 Å². The molecular formula is C13H17BrClNO3S. The first-order valence-corrected chi connectivity index (χ1v) is 9.13. The highest BCUT2D eigenvalue weighted by atomic mass is 79.9. The molecule has 1 unspecified atom stereocenters. The molecule has 1 aliphatic rings. The van der Waals surface area contributed by atoms with Crippen LogP contribution in [0.25, 0.3) is 0 Å². The third-order valence-electron chi connectivity index (χ3n) is 3.27. The average molecular weight is 383 g/mol. The molecule has 1 aliphatic heterocycles. The van der Waals surface area contributed by atoms with Crippen LogP contribution in [0.2, 0.25) is 5.02 Å². The molecule has 0 aliphatic carbocycles. The Morgan fingerprint density at radius 1 is 1.50 bits per heavy atom. The minimum Gasteiger partial charge on any atom is -0.377 e. The van der Waals surface area contributed by atoms with Crippen molar-refractivity contribution in [2.24, 2.45) is 0 Å². The van der Waals surface area contributed by atoms with Gasteiger partial charge in [-0.3, -0.25) is 0 Å². The highest BCUT2D eigenvalue weighted by Gasteiger charge is 2.30. The summed E-state index contributed by atoms with van der Waals surface area (Å²) in [4.78, 5) is 0.255. The van der Waals surface area contributed by atoms with E-state index in [0.717, 1.165) is 12.8 Å². The maximum absolute atomic E-state index is 12.6. The van der Waals surface area contributed by atoms with E-state index in [-0.39, 0.29) is 11.0 Å². The van der Waals surface area contributed by atoms with Crippen LogP contribution in [-0.4, -0.2) is 38.5 Å². The number of benzene rings is 1. The van der Waals surface area contributed by atoms with Crippen LogP contribution >= 0.6 is 27.5 Å². The van der Waals surface area contributed by atoms with Crippen molar-refractivity contribution < 1.29 is 13.2 Å². The van der Waals surface area contributed by atoms with Crippen LogP contribution in [-0.2, 0) is 14.8 Å². The van der Waals surface area contributed by atoms with Gasteiger partial charge in [-0.2, -0.15) is 4.31 Å². The average Bonchev–Trinajstić information content (AvgIpc) is 2.42. The van der Waals surface area contributed by atoms with E-state index in [1.165, 1.54) is 10.4 Å². The molecule has 112 valence electrons. The Labute approximate surface area is 133 Å². The molecule has 1 fully saturated rings. The first-order chi connectivity index (χ1) is 9.45. The molecule has 0 spiro atoms. The number of rotatable bonds is 4. The first-order valence-electron chi connectivity index (χ1n) is 6.52. The lowest BCUT2D eigenvalue weighted by Gasteiger charge is -2.31. The Morgan fingerprint density at radius 2 is 2.25 bits per heavy atom. The number of hydrogen-bond donors (Lipinski definition) is 0. The molecule has 4 nitrogen and oxygen atoms in total. The summed E-state index contributed by atoms with van der Waals surface area (Å²) >= 11 is 9.17. The second kappa shape index (κ2) is 6.75. The zero-order valence-corrected chi connectivity index (χ0v) is 14.3. The summed E-state index contributed by atoms with van der Waals surface area (Å²) in [6.45, 7) is 3.47. The van der Waals surface area contributed by atoms with E-state index in [1.807, 2.05) is 6.92 Å². The second-order valence-electron chi connectivity index (χ2n) is 4.66. The summed E-state index contributed by atoms with van der Waals surface area (Å²) in [6, 6.07) is 4.66. The van der Waals surface area contributed by atoms with Crippen LogP contribution < -0.4 is 0 Å². The fourth-order valence-corrected chi connectivity index (χ4v) is 4.47. The lowest BCUT2D eigenvalue weighted by Crippen LogP contribution is -2.43. The van der Waals surface area contributed by atoms with Gasteiger partial charge in [0.25, 0.3) is 0 Å². The minimum absolute atomic E-state index is 0.0146. The number of sulfonamides is 1. The van der Waals surface area contributed by atoms with E-state index in [4.69, 9.17) is 16.3 Å². The van der Waals surface area contributed by atoms with E-state index < -0.39 is 10.0 Å². The lowest BCUT2D eigenvalue weighted by atomic mass is 10.1. The maximum atomic E-state index is 12.6. The van der Waals surface area contributed by atoms with Crippen LogP contribution in [0.1, 0.15) is 19.8 Å². The van der Waals surface area contributed by atoms with E-state index in [0.29, 0.717) is 29.2 Å². The van der Waals surface area contributed by atoms with Gasteiger partial charge in [-0.05, 0) is 53.9 Å². The van der Waals surface area contributed by atoms with Crippen LogP contribution in [0.5, 0.6) is 0 Å². The van der Waals surface area contributed by atoms with Crippen molar-refractivity contribution in [2.75, 3.05) is 19.7 Å². The minimum atomic E-state index is -3.49. The fourth-order valence-electron chi connectivity index (χ4n) is 2.28. The normalized spacial score (nSPS) is 21.1. The molecule has 0 radical (unpaired) electrons. The van der Waals surface area contributed by atoms with Crippen LogP contribution in [0, 0.1) is 0 Å². The largest absolute Gasteiger partial charge is 0.377 e. The number of ether oxygens (including phenoxy) is 1. The molecule has 0 saturated carbocycles. The Hall–Kier alpha value is -0.140. The zero-order valence-electron chi connectivity index (χ0n) is 11.2. The molecule has 1 aromatic rings. The van der Waals surface area contributed by atoms with Crippen molar-refractivity contribution in [3.8, 4) is 0 Å². The summed E-state index contributed by atoms with van der Waals surface area (Å²) in [7, 11) is -3.49. The summed E-state index contributed by atoms with van der Waals surface area (Å²) in [6.07, 6.45) is 1.71. The molecule has 1 aromatic carbocycles. The molecule has 1 heterocycles. The van der Waals surface area contributed by atoms with E-state index in [2.05, 4.69) is 15.9 Å². The van der Waals surface area contributed by atoms with E-state index >= 15 is 0 Å². The van der Waals surface area contributed by atoms with Gasteiger partial charge in [-0.1, -0.05) is 11.6 Å². The van der Waals surface area contributed by atoms with Crippen molar-refractivity contribution in [1.82, 2.24) is 4.31 Å². The summed E-state index contributed by atoms with van der Waals surface area (Å²) in [5, 5.41) is 0.495. The number of piperidine rings is 1. The number of halogens is 2. The summed E-state index contributed by atoms with van der Waals surface area (Å²) in [5.41, 5.74) is 0. The topological polar surface area (TPSA) is 46.6 Å². The zero-order chi connectivity index (χ0) is 14.8. The van der Waals surface area contributed by atoms with Gasteiger partial charge in [-0.15, -0.1) is 0 Å². The quantitative estimate of drug-likeness (QED) is 0.803. The molecule has 2 rings (SSSR count). The molecule has 0 amide bonds. The SMILES string of the molecule is CCOC1CCCN(S(=O)(=O)c2ccc(Cl)c(Br)c2)C1. The van der Waals surface area contributed by atoms with Gasteiger partial charge in [0, 0.05) is 24.2 Å². The lowest BCUT2D eigenvalue weighted by molar-refractivity contribution is 0.0265. The summed E-state index contributed by atoms with van der Waals surface area (Å²) in [5.74, 6) is 0. The van der Waals surface area contributed by atoms with Gasteiger partial charge in [0.1, 0.15) is 0 Å². The monoisotopic (exact) mass is 381 g/mol. The Bertz CT molecular complexity index is 577. The van der Waals surface area contributed by atoms with Crippen molar-refractivity contribution in [1.29, 1.82) is 0 Å². The molecular weight excluding hydrogens is 366 g/mol. The van der Waals surface area contributed by atoms with Gasteiger partial charge in [0.15, 0.2) is 0 Å². The standard InChI is InChI=1S/C13H17BrClNO3S/c1-2-19-10-4-3-7-16(9-10)20(17,18)11-5-6-13(15)12(14)8-11/h5-6,8,10H,2-4,7,9H2,1H3. The Morgan fingerprint density at radius 3 is 2.90 bits per heavy atom. The van der Waals surface area contributed by atoms with Crippen LogP contribution in [0.3, 0.4) is 0 Å². The van der Waals surface area contributed by atoms with Gasteiger partial charge >= 0.3 is 0 Å². The molecule has 1 saturated heterocycles. The first kappa shape index (κ1) is 16.2. The Balaban J connectivity index is 2.23. The summed E-state index contributed by atoms with van der Waals surface area (Å²) < 4.78 is 32.8. The van der Waals surface area contributed by atoms with Gasteiger partial charge in [-0.25, -0.2) is 8.42 Å². The highest BCUT2D eigenvalue weighted by molar-refractivity contribution is 9.10. The third kappa shape index (κ3) is 3.54. The third-order valence-corrected chi connectivity index (χ3v) is 6.35. The maximum Gasteiger partial charge on any atom is 0.243 e. The van der Waals surface area contributed by atoms with Crippen molar-refractivity contribution >= 4 is 37.6 Å². The van der Waals surface area contributed by atoms with E-state index in [9.17, 15) is 8.42 Å². The Kier molecular flexibility index (Phi) is 5.48. The van der Waals surface area contributed by atoms with Crippen molar-refractivity contribution in [2.45, 2.75) is 30.8 Å². The number of hydrogen-bond acceptors (Lipinski definition) is 3. The van der Waals surface area contributed by atoms with Gasteiger partial charge in [0.2, 0.25) is 10.0 Å². The molecule has 1 atom stereocenters. The van der Waals surface area contributed by atoms with Crippen molar-refractivity contribution in [3.05, 3.63) is 27.7 Å². The smallest absolute Gasteiger partial charge is 0.243 e. The highest BCUT2D eigenvalue weighted by Crippen LogP contribution is 2.28. The van der Waals surface area contributed by atoms with Crippen LogP contribution in [0.4, 0.5) is 0 Å². The molecule has 0 N–H and O–H groups in total. The fraction of sp³-hybridized carbons (Fsp3) is 0.538.